The lowest BCUT2D eigenvalue weighted by atomic mass is 10.0. The number of ether oxygens (including phenoxy) is 2. The summed E-state index contributed by atoms with van der Waals surface area (Å²) >= 11 is 3.50. The number of benzene rings is 1. The summed E-state index contributed by atoms with van der Waals surface area (Å²) in [6.07, 6.45) is 0. The molecule has 0 fully saturated rings. The minimum absolute atomic E-state index is 0.0950. The second kappa shape index (κ2) is 7.85. The van der Waals surface area contributed by atoms with Gasteiger partial charge in [0.2, 0.25) is 0 Å². The van der Waals surface area contributed by atoms with Gasteiger partial charge in [0.15, 0.2) is 0 Å². The lowest BCUT2D eigenvalue weighted by Gasteiger charge is -2.33. The second-order valence-electron chi connectivity index (χ2n) is 4.61. The van der Waals surface area contributed by atoms with Crippen LogP contribution in [-0.2, 0) is 4.74 Å². The molecule has 1 aromatic carbocycles. The predicted molar refractivity (Wildman–Crippen MR) is 81.6 cm³/mol. The van der Waals surface area contributed by atoms with Crippen LogP contribution in [0.1, 0.15) is 18.5 Å². The molecule has 2 atom stereocenters. The van der Waals surface area contributed by atoms with Crippen LogP contribution in [0.3, 0.4) is 0 Å². The predicted octanol–water partition coefficient (Wildman–Crippen LogP) is 2.42. The fraction of sp³-hybridized carbons (Fsp3) is 0.571. The van der Waals surface area contributed by atoms with E-state index in [0.29, 0.717) is 13.2 Å². The first-order chi connectivity index (χ1) is 9.04. The van der Waals surface area contributed by atoms with Crippen LogP contribution in [0.15, 0.2) is 22.7 Å². The van der Waals surface area contributed by atoms with Gasteiger partial charge < -0.3 is 15.2 Å². The number of hydrogen-bond acceptors (Lipinski definition) is 4. The largest absolute Gasteiger partial charge is 0.496 e. The van der Waals surface area contributed by atoms with Gasteiger partial charge in [0.1, 0.15) is 5.75 Å². The summed E-state index contributed by atoms with van der Waals surface area (Å²) in [4.78, 5) is 2.22. The first kappa shape index (κ1) is 16.4. The molecule has 4 nitrogen and oxygen atoms in total. The molecule has 0 aliphatic heterocycles. The summed E-state index contributed by atoms with van der Waals surface area (Å²) in [6.45, 7) is 3.32. The van der Waals surface area contributed by atoms with Crippen molar-refractivity contribution in [3.05, 3.63) is 28.2 Å². The smallest absolute Gasteiger partial charge is 0.123 e. The Hall–Kier alpha value is -0.620. The van der Waals surface area contributed by atoms with E-state index in [-0.39, 0.29) is 12.1 Å². The van der Waals surface area contributed by atoms with Gasteiger partial charge in [-0.2, -0.15) is 0 Å². The highest BCUT2D eigenvalue weighted by Crippen LogP contribution is 2.31. The molecule has 0 heterocycles. The SMILES string of the molecule is COCC(C)N(C)C(CN)c1cc(Br)ccc1OC. The number of rotatable bonds is 7. The van der Waals surface area contributed by atoms with Crippen LogP contribution >= 0.6 is 15.9 Å². The van der Waals surface area contributed by atoms with Gasteiger partial charge in [-0.05, 0) is 32.2 Å². The fourth-order valence-corrected chi connectivity index (χ4v) is 2.52. The first-order valence-corrected chi connectivity index (χ1v) is 7.08. The molecule has 1 aromatic rings. The summed E-state index contributed by atoms with van der Waals surface area (Å²) in [5.74, 6) is 0.857. The van der Waals surface area contributed by atoms with Crippen molar-refractivity contribution in [1.29, 1.82) is 0 Å². The maximum absolute atomic E-state index is 5.96. The van der Waals surface area contributed by atoms with Crippen molar-refractivity contribution in [2.24, 2.45) is 5.73 Å². The molecule has 0 saturated heterocycles. The molecular formula is C14H23BrN2O2. The van der Waals surface area contributed by atoms with Gasteiger partial charge in [0.25, 0.3) is 0 Å². The number of nitrogens with two attached hydrogens (primary N) is 1. The number of halogens is 1. The molecular weight excluding hydrogens is 308 g/mol. The minimum atomic E-state index is 0.0950. The Morgan fingerprint density at radius 2 is 2.05 bits per heavy atom. The van der Waals surface area contributed by atoms with E-state index in [1.54, 1.807) is 14.2 Å². The van der Waals surface area contributed by atoms with Gasteiger partial charge in [-0.3, -0.25) is 4.90 Å². The van der Waals surface area contributed by atoms with Crippen molar-refractivity contribution < 1.29 is 9.47 Å². The van der Waals surface area contributed by atoms with Crippen LogP contribution in [0.5, 0.6) is 5.75 Å². The standard InChI is InChI=1S/C14H23BrN2O2/c1-10(9-18-3)17(2)13(8-16)12-7-11(15)5-6-14(12)19-4/h5-7,10,13H,8-9,16H2,1-4H3. The van der Waals surface area contributed by atoms with E-state index in [0.717, 1.165) is 15.8 Å². The van der Waals surface area contributed by atoms with Crippen molar-refractivity contribution >= 4 is 15.9 Å². The highest BCUT2D eigenvalue weighted by atomic mass is 79.9. The molecule has 0 spiro atoms. The average Bonchev–Trinajstić information content (AvgIpc) is 2.40. The summed E-state index contributed by atoms with van der Waals surface area (Å²) in [7, 11) is 5.45. The first-order valence-electron chi connectivity index (χ1n) is 6.29. The number of likely N-dealkylation sites (N-methyl/N-ethyl adjacent to an activating group) is 1. The van der Waals surface area contributed by atoms with Crippen LogP contribution in [-0.4, -0.2) is 45.4 Å². The average molecular weight is 331 g/mol. The van der Waals surface area contributed by atoms with Gasteiger partial charge in [0.05, 0.1) is 19.8 Å². The highest BCUT2D eigenvalue weighted by Gasteiger charge is 2.23. The lowest BCUT2D eigenvalue weighted by Crippen LogP contribution is -2.39. The Labute approximate surface area is 124 Å². The van der Waals surface area contributed by atoms with E-state index in [4.69, 9.17) is 15.2 Å². The fourth-order valence-electron chi connectivity index (χ4n) is 2.14. The molecule has 19 heavy (non-hydrogen) atoms. The molecule has 5 heteroatoms. The van der Waals surface area contributed by atoms with Crippen LogP contribution in [0.2, 0.25) is 0 Å². The van der Waals surface area contributed by atoms with Crippen LogP contribution in [0.25, 0.3) is 0 Å². The summed E-state index contributed by atoms with van der Waals surface area (Å²) < 4.78 is 11.7. The van der Waals surface area contributed by atoms with Crippen molar-refractivity contribution in [2.75, 3.05) is 34.4 Å². The molecule has 0 radical (unpaired) electrons. The van der Waals surface area contributed by atoms with Gasteiger partial charge in [-0.1, -0.05) is 15.9 Å². The molecule has 0 aliphatic carbocycles. The van der Waals surface area contributed by atoms with E-state index in [1.165, 1.54) is 0 Å². The molecule has 0 saturated carbocycles. The van der Waals surface area contributed by atoms with E-state index < -0.39 is 0 Å². The molecule has 0 amide bonds. The molecule has 1 rings (SSSR count). The lowest BCUT2D eigenvalue weighted by molar-refractivity contribution is 0.0902. The highest BCUT2D eigenvalue weighted by molar-refractivity contribution is 9.10. The van der Waals surface area contributed by atoms with Crippen molar-refractivity contribution in [1.82, 2.24) is 4.90 Å². The Balaban J connectivity index is 3.05. The van der Waals surface area contributed by atoms with Crippen molar-refractivity contribution in [3.63, 3.8) is 0 Å². The molecule has 2 N–H and O–H groups in total. The summed E-state index contributed by atoms with van der Waals surface area (Å²) in [5.41, 5.74) is 7.05. The maximum Gasteiger partial charge on any atom is 0.123 e. The van der Waals surface area contributed by atoms with E-state index >= 15 is 0 Å². The zero-order valence-electron chi connectivity index (χ0n) is 12.0. The number of hydrogen-bond donors (Lipinski definition) is 1. The Bertz CT molecular complexity index is 401. The van der Waals surface area contributed by atoms with Gasteiger partial charge in [-0.25, -0.2) is 0 Å². The van der Waals surface area contributed by atoms with Crippen LogP contribution in [0.4, 0.5) is 0 Å². The Morgan fingerprint density at radius 3 is 2.58 bits per heavy atom. The third kappa shape index (κ3) is 4.18. The van der Waals surface area contributed by atoms with E-state index in [9.17, 15) is 0 Å². The van der Waals surface area contributed by atoms with Crippen LogP contribution in [0, 0.1) is 0 Å². The molecule has 0 bridgehead atoms. The Morgan fingerprint density at radius 1 is 1.37 bits per heavy atom. The maximum atomic E-state index is 5.96. The normalized spacial score (nSPS) is 14.5. The molecule has 2 unspecified atom stereocenters. The van der Waals surface area contributed by atoms with Gasteiger partial charge in [0, 0.05) is 29.7 Å². The summed E-state index contributed by atoms with van der Waals surface area (Å²) in [6, 6.07) is 6.36. The molecule has 108 valence electrons. The Kier molecular flexibility index (Phi) is 6.79. The second-order valence-corrected chi connectivity index (χ2v) is 5.52. The third-order valence-corrected chi connectivity index (χ3v) is 3.86. The quantitative estimate of drug-likeness (QED) is 0.834. The molecule has 0 aromatic heterocycles. The monoisotopic (exact) mass is 330 g/mol. The number of nitrogens with zero attached hydrogens (tertiary/aromatic N) is 1. The van der Waals surface area contributed by atoms with Crippen molar-refractivity contribution in [3.8, 4) is 5.75 Å². The van der Waals surface area contributed by atoms with Crippen LogP contribution < -0.4 is 10.5 Å². The summed E-state index contributed by atoms with van der Waals surface area (Å²) in [5, 5.41) is 0. The van der Waals surface area contributed by atoms with Gasteiger partial charge >= 0.3 is 0 Å². The van der Waals surface area contributed by atoms with Gasteiger partial charge in [-0.15, -0.1) is 0 Å². The topological polar surface area (TPSA) is 47.7 Å². The minimum Gasteiger partial charge on any atom is -0.496 e. The van der Waals surface area contributed by atoms with E-state index in [1.807, 2.05) is 12.1 Å². The molecule has 0 aliphatic rings. The number of methoxy groups -OCH3 is 2. The van der Waals surface area contributed by atoms with Crippen molar-refractivity contribution in [2.45, 2.75) is 19.0 Å². The van der Waals surface area contributed by atoms with E-state index in [2.05, 4.69) is 40.9 Å². The third-order valence-electron chi connectivity index (χ3n) is 3.37. The zero-order valence-corrected chi connectivity index (χ0v) is 13.6. The zero-order chi connectivity index (χ0) is 14.4.